The first-order chi connectivity index (χ1) is 14.8. The van der Waals surface area contributed by atoms with Crippen molar-refractivity contribution in [3.63, 3.8) is 0 Å². The molecule has 30 heavy (non-hydrogen) atoms. The number of fused-ring (bicyclic) bond motifs is 1. The van der Waals surface area contributed by atoms with E-state index in [1.807, 2.05) is 18.2 Å². The fraction of sp³-hybridized carbons (Fsp3) is 0.269. The maximum Gasteiger partial charge on any atom is 0.176 e. The number of benzene rings is 2. The molecule has 0 spiro atoms. The molecule has 1 fully saturated rings. The summed E-state index contributed by atoms with van der Waals surface area (Å²) < 4.78 is 11.7. The van der Waals surface area contributed by atoms with Crippen LogP contribution >= 0.6 is 0 Å². The number of nitrogens with zero attached hydrogens (tertiary/aromatic N) is 2. The first-order valence-corrected chi connectivity index (χ1v) is 10.6. The number of methoxy groups -OCH3 is 1. The average molecular weight is 399 g/mol. The molecule has 1 aliphatic rings. The van der Waals surface area contributed by atoms with Crippen LogP contribution in [0.5, 0.6) is 5.75 Å². The lowest BCUT2D eigenvalue weighted by Gasteiger charge is -2.32. The van der Waals surface area contributed by atoms with Gasteiger partial charge in [-0.25, -0.2) is 0 Å². The lowest BCUT2D eigenvalue weighted by molar-refractivity contribution is 0.204. The molecule has 1 aliphatic heterocycles. The normalized spacial score (nSPS) is 15.5. The minimum atomic E-state index is 0.675. The first-order valence-electron chi connectivity index (χ1n) is 10.6. The maximum atomic E-state index is 6.08. The van der Waals surface area contributed by atoms with Crippen LogP contribution in [-0.4, -0.2) is 30.1 Å². The molecular weight excluding hydrogens is 372 g/mol. The van der Waals surface area contributed by atoms with Crippen LogP contribution in [-0.2, 0) is 6.54 Å². The quantitative estimate of drug-likeness (QED) is 0.421. The standard InChI is InChI=1S/C26H26N2O2/c1-29-25-16-19(15-22-17-24(30-26(22)25)23-9-5-6-12-27-23)18-28-13-10-21(11-14-28)20-7-3-2-4-8-20/h2-9,12,15-17,21H,10-11,13-14,18H2,1H3. The Hall–Kier alpha value is -3.11. The fourth-order valence-corrected chi connectivity index (χ4v) is 4.47. The molecule has 0 aliphatic carbocycles. The summed E-state index contributed by atoms with van der Waals surface area (Å²) in [5, 5.41) is 1.06. The van der Waals surface area contributed by atoms with Gasteiger partial charge >= 0.3 is 0 Å². The van der Waals surface area contributed by atoms with E-state index in [0.717, 1.165) is 47.8 Å². The number of likely N-dealkylation sites (tertiary alicyclic amines) is 1. The second-order valence-electron chi connectivity index (χ2n) is 8.00. The van der Waals surface area contributed by atoms with Crippen molar-refractivity contribution in [2.45, 2.75) is 25.3 Å². The zero-order valence-electron chi connectivity index (χ0n) is 17.3. The lowest BCUT2D eigenvalue weighted by atomic mass is 9.89. The van der Waals surface area contributed by atoms with Crippen LogP contribution in [0.3, 0.4) is 0 Å². The lowest BCUT2D eigenvalue weighted by Crippen LogP contribution is -2.32. The Morgan fingerprint density at radius 3 is 2.53 bits per heavy atom. The Labute approximate surface area is 177 Å². The first kappa shape index (κ1) is 18.9. The molecule has 0 radical (unpaired) electrons. The van der Waals surface area contributed by atoms with Gasteiger partial charge in [0, 0.05) is 18.1 Å². The number of hydrogen-bond acceptors (Lipinski definition) is 4. The molecule has 2 aromatic heterocycles. The van der Waals surface area contributed by atoms with Crippen LogP contribution in [0.15, 0.2) is 77.3 Å². The minimum Gasteiger partial charge on any atom is -0.493 e. The molecule has 4 heteroatoms. The van der Waals surface area contributed by atoms with Crippen molar-refractivity contribution in [3.05, 3.63) is 84.1 Å². The Kier molecular flexibility index (Phi) is 5.24. The average Bonchev–Trinajstić information content (AvgIpc) is 3.24. The summed E-state index contributed by atoms with van der Waals surface area (Å²) in [6.07, 6.45) is 4.20. The van der Waals surface area contributed by atoms with E-state index in [0.29, 0.717) is 5.92 Å². The predicted octanol–water partition coefficient (Wildman–Crippen LogP) is 5.88. The number of hydrogen-bond donors (Lipinski definition) is 0. The van der Waals surface area contributed by atoms with Gasteiger partial charge in [0.2, 0.25) is 0 Å². The molecular formula is C26H26N2O2. The van der Waals surface area contributed by atoms with Crippen LogP contribution in [0.4, 0.5) is 0 Å². The summed E-state index contributed by atoms with van der Waals surface area (Å²) in [4.78, 5) is 6.95. The molecule has 2 aromatic carbocycles. The molecule has 0 atom stereocenters. The van der Waals surface area contributed by atoms with Crippen molar-refractivity contribution in [2.24, 2.45) is 0 Å². The van der Waals surface area contributed by atoms with Crippen molar-refractivity contribution < 1.29 is 9.15 Å². The van der Waals surface area contributed by atoms with Crippen LogP contribution in [0.2, 0.25) is 0 Å². The Bertz CT molecular complexity index is 1110. The van der Waals surface area contributed by atoms with Gasteiger partial charge in [0.05, 0.1) is 7.11 Å². The number of ether oxygens (including phenoxy) is 1. The van der Waals surface area contributed by atoms with Gasteiger partial charge in [0.15, 0.2) is 17.1 Å². The Balaban J connectivity index is 1.34. The van der Waals surface area contributed by atoms with E-state index in [2.05, 4.69) is 58.4 Å². The molecule has 152 valence electrons. The SMILES string of the molecule is COc1cc(CN2CCC(c3ccccc3)CC2)cc2cc(-c3ccccn3)oc12. The van der Waals surface area contributed by atoms with Crippen LogP contribution in [0, 0.1) is 0 Å². The molecule has 3 heterocycles. The van der Waals surface area contributed by atoms with E-state index >= 15 is 0 Å². The fourth-order valence-electron chi connectivity index (χ4n) is 4.47. The highest BCUT2D eigenvalue weighted by Gasteiger charge is 2.21. The van der Waals surface area contributed by atoms with Gasteiger partial charge < -0.3 is 9.15 Å². The molecule has 4 aromatic rings. The maximum absolute atomic E-state index is 6.08. The van der Waals surface area contributed by atoms with Gasteiger partial charge in [-0.2, -0.15) is 0 Å². The molecule has 1 saturated heterocycles. The molecule has 0 saturated carbocycles. The third-order valence-corrected chi connectivity index (χ3v) is 6.04. The second kappa shape index (κ2) is 8.33. The number of aromatic nitrogens is 1. The zero-order valence-corrected chi connectivity index (χ0v) is 17.3. The van der Waals surface area contributed by atoms with Crippen molar-refractivity contribution in [1.29, 1.82) is 0 Å². The van der Waals surface area contributed by atoms with Crippen molar-refractivity contribution in [2.75, 3.05) is 20.2 Å². The van der Waals surface area contributed by atoms with Crippen LogP contribution in [0.1, 0.15) is 29.9 Å². The second-order valence-corrected chi connectivity index (χ2v) is 8.00. The molecule has 0 N–H and O–H groups in total. The zero-order chi connectivity index (χ0) is 20.3. The summed E-state index contributed by atoms with van der Waals surface area (Å²) in [6, 6.07) is 23.1. The number of pyridine rings is 1. The van der Waals surface area contributed by atoms with Gasteiger partial charge in [-0.05, 0) is 73.3 Å². The molecule has 0 amide bonds. The van der Waals surface area contributed by atoms with E-state index < -0.39 is 0 Å². The number of piperidine rings is 1. The third kappa shape index (κ3) is 3.83. The van der Waals surface area contributed by atoms with E-state index in [1.54, 1.807) is 13.3 Å². The largest absolute Gasteiger partial charge is 0.493 e. The summed E-state index contributed by atoms with van der Waals surface area (Å²) >= 11 is 0. The van der Waals surface area contributed by atoms with Crippen LogP contribution in [0.25, 0.3) is 22.4 Å². The molecule has 0 unspecified atom stereocenters. The van der Waals surface area contributed by atoms with Gasteiger partial charge in [0.1, 0.15) is 5.69 Å². The topological polar surface area (TPSA) is 38.5 Å². The van der Waals surface area contributed by atoms with E-state index in [9.17, 15) is 0 Å². The Morgan fingerprint density at radius 1 is 1.00 bits per heavy atom. The number of rotatable bonds is 5. The highest BCUT2D eigenvalue weighted by atomic mass is 16.5. The van der Waals surface area contributed by atoms with E-state index in [4.69, 9.17) is 9.15 Å². The van der Waals surface area contributed by atoms with Crippen LogP contribution < -0.4 is 4.74 Å². The predicted molar refractivity (Wildman–Crippen MR) is 120 cm³/mol. The number of furan rings is 1. The molecule has 5 rings (SSSR count). The molecule has 0 bridgehead atoms. The van der Waals surface area contributed by atoms with E-state index in [-0.39, 0.29) is 0 Å². The summed E-state index contributed by atoms with van der Waals surface area (Å²) in [7, 11) is 1.70. The van der Waals surface area contributed by atoms with Gasteiger partial charge in [0.25, 0.3) is 0 Å². The summed E-state index contributed by atoms with van der Waals surface area (Å²) in [5.74, 6) is 2.22. The highest BCUT2D eigenvalue weighted by molar-refractivity contribution is 5.87. The van der Waals surface area contributed by atoms with Crippen molar-refractivity contribution in [1.82, 2.24) is 9.88 Å². The Morgan fingerprint density at radius 2 is 1.80 bits per heavy atom. The highest BCUT2D eigenvalue weighted by Crippen LogP contribution is 2.35. The molecule has 4 nitrogen and oxygen atoms in total. The van der Waals surface area contributed by atoms with Crippen molar-refractivity contribution in [3.8, 4) is 17.2 Å². The summed E-state index contributed by atoms with van der Waals surface area (Å²) in [5.41, 5.74) is 4.34. The summed E-state index contributed by atoms with van der Waals surface area (Å²) in [6.45, 7) is 3.16. The van der Waals surface area contributed by atoms with Gasteiger partial charge in [-0.1, -0.05) is 36.4 Å². The third-order valence-electron chi connectivity index (χ3n) is 6.04. The smallest absolute Gasteiger partial charge is 0.176 e. The van der Waals surface area contributed by atoms with E-state index in [1.165, 1.54) is 24.0 Å². The van der Waals surface area contributed by atoms with Gasteiger partial charge in [-0.3, -0.25) is 9.88 Å². The van der Waals surface area contributed by atoms with Gasteiger partial charge in [-0.15, -0.1) is 0 Å². The monoisotopic (exact) mass is 398 g/mol. The minimum absolute atomic E-state index is 0.675. The van der Waals surface area contributed by atoms with Crippen molar-refractivity contribution >= 4 is 11.0 Å².